The Hall–Kier alpha value is -2.86. The first kappa shape index (κ1) is 24.3. The molecule has 0 radical (unpaired) electrons. The number of rotatable bonds is 6. The molecule has 1 atom stereocenters. The lowest BCUT2D eigenvalue weighted by molar-refractivity contribution is -0.275. The van der Waals surface area contributed by atoms with Crippen LogP contribution in [0, 0.1) is 0 Å². The normalized spacial score (nSPS) is 22.7. The van der Waals surface area contributed by atoms with E-state index in [1.807, 2.05) is 9.80 Å². The first-order chi connectivity index (χ1) is 16.2. The van der Waals surface area contributed by atoms with Crippen LogP contribution in [0.3, 0.4) is 0 Å². The van der Waals surface area contributed by atoms with Crippen molar-refractivity contribution in [3.63, 3.8) is 0 Å². The van der Waals surface area contributed by atoms with Crippen LogP contribution >= 0.6 is 0 Å². The van der Waals surface area contributed by atoms with E-state index in [2.05, 4.69) is 15.0 Å². The maximum atomic E-state index is 12.9. The van der Waals surface area contributed by atoms with Crippen LogP contribution in [-0.4, -0.2) is 96.3 Å². The summed E-state index contributed by atoms with van der Waals surface area (Å²) < 4.78 is 42.3. The number of nitrogens with zero attached hydrogens (tertiary/aromatic N) is 4. The van der Waals surface area contributed by atoms with E-state index in [1.54, 1.807) is 0 Å². The minimum Gasteiger partial charge on any atom is -0.405 e. The first-order valence-electron chi connectivity index (χ1n) is 11.4. The highest BCUT2D eigenvalue weighted by Crippen LogP contribution is 2.33. The molecule has 0 spiro atoms. The molecule has 34 heavy (non-hydrogen) atoms. The molecule has 0 aliphatic carbocycles. The molecule has 1 aromatic rings. The standard InChI is InChI=1S/C22H28F3N5O4/c23-22(24,25)34-17-7-3-2-6-16(17)19-20(32)30(21(33)26-19)15-28-12-10-27(11-13-28)14-18(31)29-8-4-1-5-9-29/h2-3,6-7,19H,1,4-5,8-15H2,(H,26,33)/t19-/m0/s1. The van der Waals surface area contributed by atoms with Gasteiger partial charge in [-0.3, -0.25) is 19.4 Å². The Balaban J connectivity index is 1.31. The number of likely N-dealkylation sites (tertiary alicyclic amines) is 1. The van der Waals surface area contributed by atoms with Crippen molar-refractivity contribution in [3.05, 3.63) is 29.8 Å². The summed E-state index contributed by atoms with van der Waals surface area (Å²) in [6.07, 6.45) is -1.68. The van der Waals surface area contributed by atoms with E-state index < -0.39 is 30.1 Å². The van der Waals surface area contributed by atoms with Crippen molar-refractivity contribution in [1.29, 1.82) is 0 Å². The Morgan fingerprint density at radius 2 is 1.62 bits per heavy atom. The van der Waals surface area contributed by atoms with Gasteiger partial charge in [0.05, 0.1) is 13.2 Å². The molecule has 0 aromatic heterocycles. The van der Waals surface area contributed by atoms with Crippen molar-refractivity contribution >= 4 is 17.8 Å². The van der Waals surface area contributed by atoms with Gasteiger partial charge in [0, 0.05) is 44.8 Å². The first-order valence-corrected chi connectivity index (χ1v) is 11.4. The average molecular weight is 483 g/mol. The number of carbonyl (C=O) groups is 3. The fourth-order valence-electron chi connectivity index (χ4n) is 4.52. The Morgan fingerprint density at radius 1 is 0.971 bits per heavy atom. The third-order valence-corrected chi connectivity index (χ3v) is 6.36. The molecule has 1 aromatic carbocycles. The van der Waals surface area contributed by atoms with Crippen molar-refractivity contribution in [2.24, 2.45) is 0 Å². The van der Waals surface area contributed by atoms with Gasteiger partial charge in [0.15, 0.2) is 0 Å². The fraction of sp³-hybridized carbons (Fsp3) is 0.591. The maximum Gasteiger partial charge on any atom is 0.573 e. The minimum atomic E-state index is -4.92. The number of hydrogen-bond donors (Lipinski definition) is 1. The van der Waals surface area contributed by atoms with Crippen LogP contribution in [0.15, 0.2) is 24.3 Å². The minimum absolute atomic E-state index is 0.0252. The molecule has 3 heterocycles. The van der Waals surface area contributed by atoms with Gasteiger partial charge in [-0.1, -0.05) is 18.2 Å². The Morgan fingerprint density at radius 3 is 2.29 bits per heavy atom. The van der Waals surface area contributed by atoms with Gasteiger partial charge in [0.2, 0.25) is 5.91 Å². The van der Waals surface area contributed by atoms with Crippen molar-refractivity contribution in [2.45, 2.75) is 31.7 Å². The maximum absolute atomic E-state index is 12.9. The van der Waals surface area contributed by atoms with Crippen molar-refractivity contribution in [1.82, 2.24) is 24.9 Å². The predicted octanol–water partition coefficient (Wildman–Crippen LogP) is 1.77. The monoisotopic (exact) mass is 483 g/mol. The van der Waals surface area contributed by atoms with Crippen LogP contribution in [0.4, 0.5) is 18.0 Å². The molecule has 0 bridgehead atoms. The van der Waals surface area contributed by atoms with E-state index in [4.69, 9.17) is 0 Å². The van der Waals surface area contributed by atoms with Crippen LogP contribution in [-0.2, 0) is 9.59 Å². The van der Waals surface area contributed by atoms with Crippen molar-refractivity contribution in [3.8, 4) is 5.75 Å². The van der Waals surface area contributed by atoms with Gasteiger partial charge in [0.1, 0.15) is 11.8 Å². The molecular weight excluding hydrogens is 455 g/mol. The molecule has 12 heteroatoms. The van der Waals surface area contributed by atoms with Gasteiger partial charge in [0.25, 0.3) is 5.91 Å². The number of piperidine rings is 1. The smallest absolute Gasteiger partial charge is 0.405 e. The fourth-order valence-corrected chi connectivity index (χ4v) is 4.52. The third kappa shape index (κ3) is 5.79. The number of carbonyl (C=O) groups excluding carboxylic acids is 3. The molecule has 3 aliphatic rings. The van der Waals surface area contributed by atoms with Crippen LogP contribution in [0.2, 0.25) is 0 Å². The summed E-state index contributed by atoms with van der Waals surface area (Å²) in [6.45, 7) is 4.36. The van der Waals surface area contributed by atoms with Gasteiger partial charge in [-0.25, -0.2) is 9.69 Å². The lowest BCUT2D eigenvalue weighted by Crippen LogP contribution is -2.53. The largest absolute Gasteiger partial charge is 0.573 e. The lowest BCUT2D eigenvalue weighted by atomic mass is 10.1. The summed E-state index contributed by atoms with van der Waals surface area (Å²) >= 11 is 0. The molecule has 1 N–H and O–H groups in total. The molecule has 4 rings (SSSR count). The Kier molecular flexibility index (Phi) is 7.27. The zero-order chi connectivity index (χ0) is 24.3. The van der Waals surface area contributed by atoms with Crippen LogP contribution in [0.1, 0.15) is 30.9 Å². The average Bonchev–Trinajstić information content (AvgIpc) is 3.08. The highest BCUT2D eigenvalue weighted by Gasteiger charge is 2.42. The quantitative estimate of drug-likeness (QED) is 0.621. The summed E-state index contributed by atoms with van der Waals surface area (Å²) in [7, 11) is 0. The van der Waals surface area contributed by atoms with E-state index >= 15 is 0 Å². The van der Waals surface area contributed by atoms with Gasteiger partial charge in [-0.15, -0.1) is 13.2 Å². The molecule has 0 unspecified atom stereocenters. The summed E-state index contributed by atoms with van der Waals surface area (Å²) in [5.74, 6) is -1.03. The number of amides is 4. The zero-order valence-corrected chi connectivity index (χ0v) is 18.7. The molecular formula is C22H28F3N5O4. The highest BCUT2D eigenvalue weighted by molar-refractivity contribution is 6.04. The van der Waals surface area contributed by atoms with Gasteiger partial charge < -0.3 is 15.0 Å². The van der Waals surface area contributed by atoms with Crippen molar-refractivity contribution < 1.29 is 32.3 Å². The van der Waals surface area contributed by atoms with E-state index in [1.165, 1.54) is 18.2 Å². The second-order valence-corrected chi connectivity index (χ2v) is 8.71. The van der Waals surface area contributed by atoms with Gasteiger partial charge >= 0.3 is 12.4 Å². The van der Waals surface area contributed by atoms with Crippen molar-refractivity contribution in [2.75, 3.05) is 52.5 Å². The van der Waals surface area contributed by atoms with Crippen LogP contribution in [0.5, 0.6) is 5.75 Å². The van der Waals surface area contributed by atoms with Crippen LogP contribution < -0.4 is 10.1 Å². The number of nitrogens with one attached hydrogen (secondary N) is 1. The molecule has 9 nitrogen and oxygen atoms in total. The summed E-state index contributed by atoms with van der Waals surface area (Å²) in [5, 5.41) is 2.46. The molecule has 0 saturated carbocycles. The number of para-hydroxylation sites is 1. The summed E-state index contributed by atoms with van der Waals surface area (Å²) in [4.78, 5) is 44.7. The predicted molar refractivity (Wildman–Crippen MR) is 115 cm³/mol. The number of benzene rings is 1. The third-order valence-electron chi connectivity index (χ3n) is 6.36. The second-order valence-electron chi connectivity index (χ2n) is 8.71. The van der Waals surface area contributed by atoms with E-state index in [9.17, 15) is 27.6 Å². The number of ether oxygens (including phenoxy) is 1. The summed E-state index contributed by atoms with van der Waals surface area (Å²) in [6, 6.07) is 3.35. The lowest BCUT2D eigenvalue weighted by Gasteiger charge is -2.36. The van der Waals surface area contributed by atoms with E-state index in [-0.39, 0.29) is 18.1 Å². The number of imide groups is 1. The molecule has 186 valence electrons. The highest BCUT2D eigenvalue weighted by atomic mass is 19.4. The molecule has 3 fully saturated rings. The number of hydrogen-bond acceptors (Lipinski definition) is 6. The Bertz CT molecular complexity index is 914. The van der Waals surface area contributed by atoms with Gasteiger partial charge in [-0.05, 0) is 25.3 Å². The number of urea groups is 1. The molecule has 3 saturated heterocycles. The van der Waals surface area contributed by atoms with Gasteiger partial charge in [-0.2, -0.15) is 0 Å². The zero-order valence-electron chi connectivity index (χ0n) is 18.7. The summed E-state index contributed by atoms with van der Waals surface area (Å²) in [5.41, 5.74) is -0.0540. The van der Waals surface area contributed by atoms with E-state index in [0.717, 1.165) is 43.3 Å². The number of piperazine rings is 1. The number of alkyl halides is 3. The second kappa shape index (κ2) is 10.2. The molecule has 3 aliphatic heterocycles. The topological polar surface area (TPSA) is 85.4 Å². The SMILES string of the molecule is O=C(CN1CCN(CN2C(=O)N[C@@H](c3ccccc3OC(F)(F)F)C2=O)CC1)N1CCCCC1. The Labute approximate surface area is 195 Å². The number of halogens is 3. The van der Waals surface area contributed by atoms with Crippen LogP contribution in [0.25, 0.3) is 0 Å². The van der Waals surface area contributed by atoms with E-state index in [0.29, 0.717) is 32.7 Å². The molecule has 4 amide bonds.